The molecule has 1 N–H and O–H groups in total. The minimum Gasteiger partial charge on any atom is -0.478 e. The molecule has 4 atom stereocenters. The van der Waals surface area contributed by atoms with E-state index in [1.54, 1.807) is 18.2 Å². The minimum absolute atomic E-state index is 0.00712. The van der Waals surface area contributed by atoms with Crippen LogP contribution in [0.5, 0.6) is 5.75 Å². The van der Waals surface area contributed by atoms with Crippen LogP contribution in [0.25, 0.3) is 0 Å². The van der Waals surface area contributed by atoms with Crippen LogP contribution in [0.2, 0.25) is 0 Å². The Labute approximate surface area is 241 Å². The molecule has 6 rings (SSSR count). The summed E-state index contributed by atoms with van der Waals surface area (Å²) in [6.07, 6.45) is -0.913. The highest BCUT2D eigenvalue weighted by molar-refractivity contribution is 5.88. The highest BCUT2D eigenvalue weighted by Gasteiger charge is 2.56. The topological polar surface area (TPSA) is 79.3 Å². The molecule has 2 saturated heterocycles. The molecule has 0 bridgehead atoms. The van der Waals surface area contributed by atoms with Crippen molar-refractivity contribution in [1.82, 2.24) is 9.80 Å². The summed E-state index contributed by atoms with van der Waals surface area (Å²) in [4.78, 5) is 29.1. The highest BCUT2D eigenvalue weighted by atomic mass is 19.4. The van der Waals surface area contributed by atoms with Crippen molar-refractivity contribution in [1.29, 1.82) is 0 Å². The fourth-order valence-electron chi connectivity index (χ4n) is 7.08. The molecule has 0 spiro atoms. The second kappa shape index (κ2) is 10.8. The zero-order chi connectivity index (χ0) is 29.8. The van der Waals surface area contributed by atoms with Crippen molar-refractivity contribution in [3.8, 4) is 5.75 Å². The van der Waals surface area contributed by atoms with Crippen LogP contribution in [0.15, 0.2) is 36.4 Å². The number of hydrogen-bond acceptors (Lipinski definition) is 5. The molecule has 2 aromatic rings. The second-order valence-electron chi connectivity index (χ2n) is 12.2. The number of nitrogens with zero attached hydrogens (tertiary/aromatic N) is 2. The molecule has 7 nitrogen and oxygen atoms in total. The predicted octanol–water partition coefficient (Wildman–Crippen LogP) is 5.67. The van der Waals surface area contributed by atoms with E-state index in [2.05, 4.69) is 11.8 Å². The highest BCUT2D eigenvalue weighted by Crippen LogP contribution is 2.49. The molecule has 4 aliphatic rings. The van der Waals surface area contributed by atoms with E-state index in [-0.39, 0.29) is 53.9 Å². The van der Waals surface area contributed by atoms with Crippen molar-refractivity contribution in [2.24, 2.45) is 11.8 Å². The Morgan fingerprint density at radius 1 is 1.10 bits per heavy atom. The Morgan fingerprint density at radius 2 is 1.88 bits per heavy atom. The average Bonchev–Trinajstić information content (AvgIpc) is 3.82. The first-order valence-electron chi connectivity index (χ1n) is 14.5. The van der Waals surface area contributed by atoms with E-state index in [4.69, 9.17) is 9.47 Å². The third-order valence-electron chi connectivity index (χ3n) is 9.46. The smallest absolute Gasteiger partial charge is 0.416 e. The van der Waals surface area contributed by atoms with E-state index in [1.165, 1.54) is 4.90 Å². The zero-order valence-electron chi connectivity index (χ0n) is 23.3. The summed E-state index contributed by atoms with van der Waals surface area (Å²) in [5.41, 5.74) is -0.853. The van der Waals surface area contributed by atoms with Gasteiger partial charge in [0.2, 0.25) is 0 Å². The zero-order valence-corrected chi connectivity index (χ0v) is 23.3. The van der Waals surface area contributed by atoms with Crippen LogP contribution in [-0.2, 0) is 22.3 Å². The van der Waals surface area contributed by atoms with E-state index in [1.807, 2.05) is 6.07 Å². The van der Waals surface area contributed by atoms with E-state index < -0.39 is 29.1 Å². The van der Waals surface area contributed by atoms with E-state index >= 15 is 0 Å². The molecule has 11 heteroatoms. The van der Waals surface area contributed by atoms with Crippen molar-refractivity contribution in [2.75, 3.05) is 26.4 Å². The maximum atomic E-state index is 14.4. The SMILES string of the molecule is C[C@H]1CN([C@@H]2CC[C@@](C(=O)N3COc4c(F)cc(C(F)(F)F)cc4C3)(C3CC3)OC2)CCC1c1cccc(C(=O)O)c1. The molecule has 3 heterocycles. The Bertz CT molecular complexity index is 1370. The fourth-order valence-corrected chi connectivity index (χ4v) is 7.08. The Balaban J connectivity index is 1.11. The maximum absolute atomic E-state index is 14.4. The van der Waals surface area contributed by atoms with Gasteiger partial charge in [0.05, 0.1) is 24.3 Å². The molecule has 226 valence electrons. The van der Waals surface area contributed by atoms with Gasteiger partial charge in [-0.2, -0.15) is 13.2 Å². The van der Waals surface area contributed by atoms with E-state index in [9.17, 15) is 32.3 Å². The van der Waals surface area contributed by atoms with Crippen molar-refractivity contribution in [3.63, 3.8) is 0 Å². The van der Waals surface area contributed by atoms with Gasteiger partial charge in [0.1, 0.15) is 5.60 Å². The Kier molecular flexibility index (Phi) is 7.45. The van der Waals surface area contributed by atoms with Crippen molar-refractivity contribution >= 4 is 11.9 Å². The summed E-state index contributed by atoms with van der Waals surface area (Å²) < 4.78 is 66.2. The van der Waals surface area contributed by atoms with Gasteiger partial charge in [-0.25, -0.2) is 9.18 Å². The Morgan fingerprint density at radius 3 is 2.52 bits per heavy atom. The molecule has 1 saturated carbocycles. The van der Waals surface area contributed by atoms with Crippen LogP contribution >= 0.6 is 0 Å². The Hall–Kier alpha value is -3.18. The molecular formula is C31H34F4N2O5. The number of likely N-dealkylation sites (tertiary alicyclic amines) is 1. The molecule has 0 radical (unpaired) electrons. The molecule has 1 amide bonds. The summed E-state index contributed by atoms with van der Waals surface area (Å²) in [6, 6.07) is 8.54. The average molecular weight is 591 g/mol. The summed E-state index contributed by atoms with van der Waals surface area (Å²) in [7, 11) is 0. The standard InChI is InChI=1S/C31H34F4N2O5/c1-18-14-36(10-8-25(18)19-3-2-4-20(11-19)28(38)39)24-7-9-30(42-16-24,22-5-6-22)29(40)37-15-21-12-23(31(33,34)35)13-26(32)27(21)41-17-37/h2-4,11-13,18,22,24-25H,5-10,14-17H2,1H3,(H,38,39)/t18-,24+,25?,30-/m0/s1. The lowest BCUT2D eigenvalue weighted by atomic mass is 9.79. The van der Waals surface area contributed by atoms with Crippen LogP contribution in [0.4, 0.5) is 17.6 Å². The first-order valence-corrected chi connectivity index (χ1v) is 14.5. The van der Waals surface area contributed by atoms with Gasteiger partial charge in [-0.1, -0.05) is 19.1 Å². The van der Waals surface area contributed by atoms with Crippen molar-refractivity contribution in [2.45, 2.75) is 69.3 Å². The number of rotatable bonds is 5. The van der Waals surface area contributed by atoms with Crippen LogP contribution in [0.1, 0.15) is 72.0 Å². The number of halogens is 4. The number of fused-ring (bicyclic) bond motifs is 1. The molecule has 2 aromatic carbocycles. The number of carboxylic acids is 1. The molecule has 1 aliphatic carbocycles. The lowest BCUT2D eigenvalue weighted by Crippen LogP contribution is -2.59. The number of ether oxygens (including phenoxy) is 2. The summed E-state index contributed by atoms with van der Waals surface area (Å²) in [5, 5.41) is 9.38. The van der Waals surface area contributed by atoms with Crippen molar-refractivity contribution < 1.29 is 41.7 Å². The number of amides is 1. The summed E-state index contributed by atoms with van der Waals surface area (Å²) in [5.74, 6) is -1.99. The third-order valence-corrected chi connectivity index (χ3v) is 9.46. The van der Waals surface area contributed by atoms with Gasteiger partial charge in [0.15, 0.2) is 18.3 Å². The number of carbonyl (C=O) groups is 2. The van der Waals surface area contributed by atoms with Gasteiger partial charge < -0.3 is 19.5 Å². The van der Waals surface area contributed by atoms with Gasteiger partial charge in [0, 0.05) is 18.2 Å². The van der Waals surface area contributed by atoms with Crippen LogP contribution < -0.4 is 4.74 Å². The number of piperidine rings is 1. The minimum atomic E-state index is -4.71. The molecule has 1 unspecified atom stereocenters. The number of hydrogen-bond donors (Lipinski definition) is 1. The number of carbonyl (C=O) groups excluding carboxylic acids is 1. The first kappa shape index (κ1) is 28.9. The van der Waals surface area contributed by atoms with E-state index in [0.717, 1.165) is 50.4 Å². The molecule has 3 aliphatic heterocycles. The maximum Gasteiger partial charge on any atom is 0.416 e. The van der Waals surface area contributed by atoms with Gasteiger partial charge in [-0.05, 0) is 86.2 Å². The fraction of sp³-hybridized carbons (Fsp3) is 0.548. The van der Waals surface area contributed by atoms with Crippen molar-refractivity contribution in [3.05, 3.63) is 64.5 Å². The first-order chi connectivity index (χ1) is 20.0. The molecule has 42 heavy (non-hydrogen) atoms. The normalized spacial score (nSPS) is 28.6. The second-order valence-corrected chi connectivity index (χ2v) is 12.2. The molecule has 3 fully saturated rings. The number of benzene rings is 2. The predicted molar refractivity (Wildman–Crippen MR) is 143 cm³/mol. The third kappa shape index (κ3) is 5.37. The molecular weight excluding hydrogens is 556 g/mol. The quantitative estimate of drug-likeness (QED) is 0.452. The van der Waals surface area contributed by atoms with Crippen LogP contribution in [0, 0.1) is 17.7 Å². The van der Waals surface area contributed by atoms with Gasteiger partial charge in [0.25, 0.3) is 5.91 Å². The summed E-state index contributed by atoms with van der Waals surface area (Å²) >= 11 is 0. The monoisotopic (exact) mass is 590 g/mol. The lowest BCUT2D eigenvalue weighted by Gasteiger charge is -2.47. The number of carboxylic acid groups (broad SMARTS) is 1. The summed E-state index contributed by atoms with van der Waals surface area (Å²) in [6.45, 7) is 3.77. The molecule has 0 aromatic heterocycles. The van der Waals surface area contributed by atoms with Crippen LogP contribution in [-0.4, -0.2) is 64.9 Å². The van der Waals surface area contributed by atoms with Gasteiger partial charge >= 0.3 is 12.1 Å². The van der Waals surface area contributed by atoms with E-state index in [0.29, 0.717) is 25.0 Å². The van der Waals surface area contributed by atoms with Crippen LogP contribution in [0.3, 0.4) is 0 Å². The van der Waals surface area contributed by atoms with Gasteiger partial charge in [-0.15, -0.1) is 0 Å². The number of alkyl halides is 3. The number of aromatic carboxylic acids is 1. The van der Waals surface area contributed by atoms with Gasteiger partial charge in [-0.3, -0.25) is 9.69 Å². The largest absolute Gasteiger partial charge is 0.478 e. The lowest BCUT2D eigenvalue weighted by molar-refractivity contribution is -0.180.